The molecule has 0 fully saturated rings. The Kier molecular flexibility index (Phi) is 2.63. The standard InChI is InChI=1S/C2H7N5O3S/c3-1(4)6-11(9,10)7-2(5)8/h(H4,3,4,6)(H3,5,7,8). The topological polar surface area (TPSA) is 151 Å². The lowest BCUT2D eigenvalue weighted by molar-refractivity contribution is 0.253. The highest BCUT2D eigenvalue weighted by molar-refractivity contribution is 7.88. The Labute approximate surface area is 62.6 Å². The summed E-state index contributed by atoms with van der Waals surface area (Å²) in [6.07, 6.45) is 0. The molecular weight excluding hydrogens is 174 g/mol. The second kappa shape index (κ2) is 3.05. The molecule has 64 valence electrons. The van der Waals surface area contributed by atoms with E-state index in [0.717, 1.165) is 0 Å². The van der Waals surface area contributed by atoms with E-state index in [9.17, 15) is 13.2 Å². The normalized spacial score (nSPS) is 10.2. The van der Waals surface area contributed by atoms with Gasteiger partial charge in [0.25, 0.3) is 0 Å². The summed E-state index contributed by atoms with van der Waals surface area (Å²) >= 11 is 0. The molecule has 0 aliphatic heterocycles. The number of rotatable bonds is 2. The van der Waals surface area contributed by atoms with Crippen LogP contribution in [0.1, 0.15) is 0 Å². The summed E-state index contributed by atoms with van der Waals surface area (Å²) in [4.78, 5) is 9.98. The maximum atomic E-state index is 10.5. The first-order chi connectivity index (χ1) is 4.83. The molecule has 0 aliphatic rings. The van der Waals surface area contributed by atoms with Crippen molar-refractivity contribution in [1.29, 1.82) is 5.41 Å². The predicted molar refractivity (Wildman–Crippen MR) is 36.7 cm³/mol. The van der Waals surface area contributed by atoms with E-state index in [4.69, 9.17) is 5.41 Å². The minimum absolute atomic E-state index is 0.807. The van der Waals surface area contributed by atoms with Gasteiger partial charge in [-0.15, -0.1) is 0 Å². The second-order valence-electron chi connectivity index (χ2n) is 1.49. The number of guanidine groups is 1. The first-order valence-electron chi connectivity index (χ1n) is 2.27. The number of primary amides is 1. The van der Waals surface area contributed by atoms with Gasteiger partial charge in [0.2, 0.25) is 5.96 Å². The highest BCUT2D eigenvalue weighted by Crippen LogP contribution is 1.72. The number of nitrogens with one attached hydrogen (secondary N) is 3. The van der Waals surface area contributed by atoms with Gasteiger partial charge >= 0.3 is 16.2 Å². The van der Waals surface area contributed by atoms with E-state index in [1.165, 1.54) is 9.44 Å². The van der Waals surface area contributed by atoms with E-state index in [2.05, 4.69) is 11.5 Å². The number of carbonyl (C=O) groups excluding carboxylic acids is 1. The van der Waals surface area contributed by atoms with Gasteiger partial charge in [-0.25, -0.2) is 14.2 Å². The quantitative estimate of drug-likeness (QED) is 0.234. The smallest absolute Gasteiger partial charge is 0.327 e. The van der Waals surface area contributed by atoms with E-state index in [-0.39, 0.29) is 0 Å². The minimum atomic E-state index is -4.10. The zero-order valence-electron chi connectivity index (χ0n) is 5.29. The van der Waals surface area contributed by atoms with Gasteiger partial charge in [0, 0.05) is 0 Å². The number of hydrogen-bond acceptors (Lipinski definition) is 4. The average molecular weight is 181 g/mol. The van der Waals surface area contributed by atoms with Gasteiger partial charge in [-0.1, -0.05) is 0 Å². The van der Waals surface area contributed by atoms with Crippen molar-refractivity contribution in [2.24, 2.45) is 11.5 Å². The summed E-state index contributed by atoms with van der Waals surface area (Å²) in [5.41, 5.74) is 9.13. The summed E-state index contributed by atoms with van der Waals surface area (Å²) in [6, 6.07) is -1.25. The van der Waals surface area contributed by atoms with Crippen molar-refractivity contribution in [2.45, 2.75) is 0 Å². The van der Waals surface area contributed by atoms with Gasteiger partial charge in [-0.05, 0) is 0 Å². The van der Waals surface area contributed by atoms with E-state index < -0.39 is 22.2 Å². The SMILES string of the molecule is N=C(N)NS(=O)(=O)NC(N)=O. The lowest BCUT2D eigenvalue weighted by Gasteiger charge is -2.03. The maximum absolute atomic E-state index is 10.5. The van der Waals surface area contributed by atoms with Crippen LogP contribution in [0.5, 0.6) is 0 Å². The van der Waals surface area contributed by atoms with Crippen molar-refractivity contribution in [3.63, 3.8) is 0 Å². The van der Waals surface area contributed by atoms with Crippen LogP contribution in [0.2, 0.25) is 0 Å². The zero-order chi connectivity index (χ0) is 9.07. The molecule has 0 atom stereocenters. The van der Waals surface area contributed by atoms with E-state index in [1.807, 2.05) is 0 Å². The number of carbonyl (C=O) groups is 1. The summed E-state index contributed by atoms with van der Waals surface area (Å²) in [5, 5.41) is 6.49. The summed E-state index contributed by atoms with van der Waals surface area (Å²) < 4.78 is 23.8. The van der Waals surface area contributed by atoms with Crippen molar-refractivity contribution < 1.29 is 13.2 Å². The minimum Gasteiger partial charge on any atom is -0.369 e. The lowest BCUT2D eigenvalue weighted by Crippen LogP contribution is -2.47. The number of nitrogens with two attached hydrogens (primary N) is 2. The molecule has 11 heavy (non-hydrogen) atoms. The second-order valence-corrected chi connectivity index (χ2v) is 2.90. The summed E-state index contributed by atoms with van der Waals surface area (Å²) in [7, 11) is -4.10. The molecule has 0 saturated carbocycles. The van der Waals surface area contributed by atoms with E-state index >= 15 is 0 Å². The fourth-order valence-corrected chi connectivity index (χ4v) is 0.908. The van der Waals surface area contributed by atoms with Gasteiger partial charge < -0.3 is 11.5 Å². The molecule has 0 unspecified atom stereocenters. The molecule has 0 aliphatic carbocycles. The first kappa shape index (κ1) is 9.49. The van der Waals surface area contributed by atoms with Gasteiger partial charge in [-0.3, -0.25) is 5.41 Å². The van der Waals surface area contributed by atoms with E-state index in [1.54, 1.807) is 0 Å². The summed E-state index contributed by atoms with van der Waals surface area (Å²) in [5.74, 6) is -0.807. The van der Waals surface area contributed by atoms with Crippen molar-refractivity contribution in [2.75, 3.05) is 0 Å². The van der Waals surface area contributed by atoms with Crippen LogP contribution in [0.25, 0.3) is 0 Å². The number of urea groups is 1. The Bertz CT molecular complexity index is 245. The third-order valence-corrected chi connectivity index (χ3v) is 1.44. The van der Waals surface area contributed by atoms with Gasteiger partial charge in [0.15, 0.2) is 0 Å². The molecule has 0 aromatic heterocycles. The maximum Gasteiger partial charge on any atom is 0.327 e. The molecule has 9 heteroatoms. The molecule has 8 nitrogen and oxygen atoms in total. The Morgan fingerprint density at radius 3 is 2.00 bits per heavy atom. The Balaban J connectivity index is 4.25. The number of amides is 2. The van der Waals surface area contributed by atoms with Crippen molar-refractivity contribution >= 4 is 22.2 Å². The molecule has 0 spiro atoms. The average Bonchev–Trinajstić information content (AvgIpc) is 1.53. The van der Waals surface area contributed by atoms with Crippen LogP contribution in [0, 0.1) is 5.41 Å². The first-order valence-corrected chi connectivity index (χ1v) is 3.76. The van der Waals surface area contributed by atoms with Crippen LogP contribution in [-0.2, 0) is 10.2 Å². The Hall–Kier alpha value is -1.51. The number of hydrogen-bond donors (Lipinski definition) is 5. The highest BCUT2D eigenvalue weighted by atomic mass is 32.2. The molecule has 0 rings (SSSR count). The largest absolute Gasteiger partial charge is 0.369 e. The third kappa shape index (κ3) is 4.96. The van der Waals surface area contributed by atoms with E-state index in [0.29, 0.717) is 0 Å². The van der Waals surface area contributed by atoms with Crippen LogP contribution in [0.3, 0.4) is 0 Å². The van der Waals surface area contributed by atoms with Gasteiger partial charge in [0.05, 0.1) is 0 Å². The van der Waals surface area contributed by atoms with Crippen molar-refractivity contribution in [3.05, 3.63) is 0 Å². The zero-order valence-corrected chi connectivity index (χ0v) is 6.10. The fourth-order valence-electron chi connectivity index (χ4n) is 0.303. The summed E-state index contributed by atoms with van der Waals surface area (Å²) in [6.45, 7) is 0. The highest BCUT2D eigenvalue weighted by Gasteiger charge is 2.10. The molecular formula is C2H7N5O3S. The van der Waals surface area contributed by atoms with Crippen LogP contribution < -0.4 is 20.9 Å². The molecule has 0 aromatic carbocycles. The van der Waals surface area contributed by atoms with Gasteiger partial charge in [-0.2, -0.15) is 8.42 Å². The lowest BCUT2D eigenvalue weighted by atomic mass is 11.1. The monoisotopic (exact) mass is 181 g/mol. The molecule has 0 aromatic rings. The molecule has 2 amide bonds. The fraction of sp³-hybridized carbons (Fsp3) is 0. The van der Waals surface area contributed by atoms with Gasteiger partial charge in [0.1, 0.15) is 0 Å². The van der Waals surface area contributed by atoms with Crippen LogP contribution >= 0.6 is 0 Å². The van der Waals surface area contributed by atoms with Crippen molar-refractivity contribution in [3.8, 4) is 0 Å². The Morgan fingerprint density at radius 2 is 1.73 bits per heavy atom. The molecule has 7 N–H and O–H groups in total. The third-order valence-electron chi connectivity index (χ3n) is 0.479. The molecule has 0 bridgehead atoms. The molecule has 0 radical (unpaired) electrons. The predicted octanol–water partition coefficient (Wildman–Crippen LogP) is -2.62. The molecule has 0 saturated heterocycles. The Morgan fingerprint density at radius 1 is 1.27 bits per heavy atom. The van der Waals surface area contributed by atoms with Crippen LogP contribution in [-0.4, -0.2) is 20.4 Å². The van der Waals surface area contributed by atoms with Crippen LogP contribution in [0.15, 0.2) is 0 Å². The molecule has 0 heterocycles. The van der Waals surface area contributed by atoms with Crippen molar-refractivity contribution in [1.82, 2.24) is 9.44 Å². The van der Waals surface area contributed by atoms with Crippen LogP contribution in [0.4, 0.5) is 4.79 Å².